The summed E-state index contributed by atoms with van der Waals surface area (Å²) in [6.45, 7) is 1.88. The van der Waals surface area contributed by atoms with Gasteiger partial charge >= 0.3 is 0 Å². The van der Waals surface area contributed by atoms with Crippen molar-refractivity contribution in [2.24, 2.45) is 5.84 Å². The highest BCUT2D eigenvalue weighted by atomic mass is 16.5. The van der Waals surface area contributed by atoms with E-state index in [0.29, 0.717) is 60.0 Å². The Kier molecular flexibility index (Phi) is 9.03. The first kappa shape index (κ1) is 27.6. The first-order valence-electron chi connectivity index (χ1n) is 13.2. The van der Waals surface area contributed by atoms with E-state index in [-0.39, 0.29) is 12.0 Å². The molecule has 10 heteroatoms. The van der Waals surface area contributed by atoms with Crippen LogP contribution in [0.2, 0.25) is 0 Å². The number of carbonyl (C=O) groups is 1. The van der Waals surface area contributed by atoms with E-state index in [1.54, 1.807) is 18.2 Å². The van der Waals surface area contributed by atoms with Gasteiger partial charge in [-0.3, -0.25) is 21.0 Å². The molecule has 1 amide bonds. The fourth-order valence-corrected chi connectivity index (χ4v) is 4.35. The van der Waals surface area contributed by atoms with E-state index in [9.17, 15) is 10.1 Å². The number of nitrogens with one attached hydrogen (secondary N) is 3. The Bertz CT molecular complexity index is 1560. The van der Waals surface area contributed by atoms with Crippen LogP contribution in [0.4, 0.5) is 17.1 Å². The molecule has 0 aliphatic carbocycles. The smallest absolute Gasteiger partial charge is 0.248 e. The number of fused-ring (bicyclic) bond motifs is 1. The predicted molar refractivity (Wildman–Crippen MR) is 157 cm³/mol. The van der Waals surface area contributed by atoms with Gasteiger partial charge in [0.15, 0.2) is 0 Å². The molecule has 5 N–H and O–H groups in total. The van der Waals surface area contributed by atoms with Gasteiger partial charge in [0.2, 0.25) is 5.91 Å². The van der Waals surface area contributed by atoms with Crippen LogP contribution in [0.1, 0.15) is 17.5 Å². The molecule has 1 atom stereocenters. The molecule has 0 bridgehead atoms. The van der Waals surface area contributed by atoms with E-state index < -0.39 is 0 Å². The van der Waals surface area contributed by atoms with Crippen molar-refractivity contribution in [1.29, 1.82) is 5.26 Å². The summed E-state index contributed by atoms with van der Waals surface area (Å²) in [4.78, 5) is 17.1. The molecule has 1 unspecified atom stereocenters. The van der Waals surface area contributed by atoms with Crippen LogP contribution < -0.4 is 31.4 Å². The predicted octanol–water partition coefficient (Wildman–Crippen LogP) is 4.55. The Morgan fingerprint density at radius 2 is 2.00 bits per heavy atom. The number of rotatable bonds is 11. The summed E-state index contributed by atoms with van der Waals surface area (Å²) >= 11 is 0. The fraction of sp³-hybridized carbons (Fsp3) is 0.194. The summed E-state index contributed by atoms with van der Waals surface area (Å²) in [6.07, 6.45) is 5.12. The summed E-state index contributed by atoms with van der Waals surface area (Å²) in [5, 5.41) is 16.8. The highest BCUT2D eigenvalue weighted by Gasteiger charge is 2.21. The number of pyridine rings is 1. The van der Waals surface area contributed by atoms with Crippen LogP contribution in [0.25, 0.3) is 10.9 Å². The van der Waals surface area contributed by atoms with Gasteiger partial charge in [0.05, 0.1) is 35.7 Å². The van der Waals surface area contributed by atoms with Gasteiger partial charge in [0, 0.05) is 42.4 Å². The molecule has 4 aromatic rings. The minimum Gasteiger partial charge on any atom is -0.489 e. The Balaban J connectivity index is 1.43. The maximum Gasteiger partial charge on any atom is 0.248 e. The first-order valence-corrected chi connectivity index (χ1v) is 13.2. The Hall–Kier alpha value is -4.95. The standard InChI is InChI=1S/C31H30N6O4/c32-17-22-18-34-27-16-29(41-25-12-14-39-20-25)28(37-30(38)7-4-13-35-33)15-26(27)31(22)36-23-8-10-24(11-9-23)40-19-21-5-2-1-3-6-21/h1-11,15-16,18,25,35H,12-14,19-20,33H2,(H,34,36)(H,37,38)/b7-4-. The number of aromatic nitrogens is 1. The van der Waals surface area contributed by atoms with E-state index in [1.807, 2.05) is 54.6 Å². The molecule has 1 aliphatic heterocycles. The van der Waals surface area contributed by atoms with Crippen LogP contribution in [0.15, 0.2) is 85.1 Å². The number of carbonyl (C=O) groups excluding carboxylic acids is 1. The molecule has 1 saturated heterocycles. The van der Waals surface area contributed by atoms with Gasteiger partial charge in [0.1, 0.15) is 30.3 Å². The molecule has 2 heterocycles. The lowest BCUT2D eigenvalue weighted by atomic mass is 10.1. The average molecular weight is 551 g/mol. The van der Waals surface area contributed by atoms with Crippen LogP contribution in [0.5, 0.6) is 11.5 Å². The summed E-state index contributed by atoms with van der Waals surface area (Å²) in [5.74, 6) is 6.13. The molecule has 10 nitrogen and oxygen atoms in total. The quantitative estimate of drug-likeness (QED) is 0.120. The van der Waals surface area contributed by atoms with Crippen molar-refractivity contribution in [2.45, 2.75) is 19.1 Å². The minimum atomic E-state index is -0.350. The molecular weight excluding hydrogens is 520 g/mol. The third kappa shape index (κ3) is 7.17. The van der Waals surface area contributed by atoms with Crippen molar-refractivity contribution in [1.82, 2.24) is 10.4 Å². The third-order valence-electron chi connectivity index (χ3n) is 6.41. The number of hydrogen-bond acceptors (Lipinski definition) is 9. The Morgan fingerprint density at radius 1 is 1.17 bits per heavy atom. The van der Waals surface area contributed by atoms with E-state index >= 15 is 0 Å². The van der Waals surface area contributed by atoms with Crippen molar-refractivity contribution in [2.75, 3.05) is 30.4 Å². The van der Waals surface area contributed by atoms with Crippen LogP contribution >= 0.6 is 0 Å². The second-order valence-electron chi connectivity index (χ2n) is 9.35. The molecule has 0 spiro atoms. The number of anilines is 3. The van der Waals surface area contributed by atoms with E-state index in [1.165, 1.54) is 12.3 Å². The summed E-state index contributed by atoms with van der Waals surface area (Å²) < 4.78 is 17.5. The zero-order chi connectivity index (χ0) is 28.4. The second-order valence-corrected chi connectivity index (χ2v) is 9.35. The van der Waals surface area contributed by atoms with Gasteiger partial charge in [-0.25, -0.2) is 0 Å². The maximum atomic E-state index is 12.6. The van der Waals surface area contributed by atoms with Gasteiger partial charge in [-0.1, -0.05) is 36.4 Å². The largest absolute Gasteiger partial charge is 0.489 e. The van der Waals surface area contributed by atoms with Crippen LogP contribution in [0, 0.1) is 11.3 Å². The van der Waals surface area contributed by atoms with E-state index in [2.05, 4.69) is 27.1 Å². The van der Waals surface area contributed by atoms with Crippen LogP contribution in [-0.2, 0) is 16.1 Å². The topological polar surface area (TPSA) is 144 Å². The molecular formula is C31H30N6O4. The van der Waals surface area contributed by atoms with Gasteiger partial charge < -0.3 is 24.8 Å². The van der Waals surface area contributed by atoms with Crippen LogP contribution in [0.3, 0.4) is 0 Å². The number of hydrogen-bond donors (Lipinski definition) is 4. The molecule has 3 aromatic carbocycles. The van der Waals surface area contributed by atoms with Gasteiger partial charge in [-0.15, -0.1) is 0 Å². The first-order chi connectivity index (χ1) is 20.1. The lowest BCUT2D eigenvalue weighted by molar-refractivity contribution is -0.111. The molecule has 0 saturated carbocycles. The number of ether oxygens (including phenoxy) is 3. The lowest BCUT2D eigenvalue weighted by Crippen LogP contribution is -2.22. The highest BCUT2D eigenvalue weighted by Crippen LogP contribution is 2.37. The van der Waals surface area contributed by atoms with Crippen molar-refractivity contribution in [3.63, 3.8) is 0 Å². The van der Waals surface area contributed by atoms with Gasteiger partial charge in [-0.05, 0) is 35.9 Å². The van der Waals surface area contributed by atoms with Crippen molar-refractivity contribution < 1.29 is 19.0 Å². The van der Waals surface area contributed by atoms with Crippen molar-refractivity contribution >= 4 is 33.9 Å². The van der Waals surface area contributed by atoms with Crippen molar-refractivity contribution in [3.05, 3.63) is 96.2 Å². The molecule has 5 rings (SSSR count). The van der Waals surface area contributed by atoms with Crippen LogP contribution in [-0.4, -0.2) is 36.8 Å². The molecule has 1 aromatic heterocycles. The zero-order valence-corrected chi connectivity index (χ0v) is 22.3. The number of nitriles is 1. The SMILES string of the molecule is N#Cc1cnc2cc(OC3CCOC3)c(NC(=O)/C=C\CNN)cc2c1Nc1ccc(OCc2ccccc2)cc1. The number of nitrogens with zero attached hydrogens (tertiary/aromatic N) is 2. The fourth-order valence-electron chi connectivity index (χ4n) is 4.35. The number of benzene rings is 3. The highest BCUT2D eigenvalue weighted by molar-refractivity contribution is 6.04. The third-order valence-corrected chi connectivity index (χ3v) is 6.41. The average Bonchev–Trinajstić information content (AvgIpc) is 3.51. The van der Waals surface area contributed by atoms with Gasteiger partial charge in [-0.2, -0.15) is 5.26 Å². The molecule has 1 fully saturated rings. The van der Waals surface area contributed by atoms with Crippen molar-refractivity contribution in [3.8, 4) is 17.6 Å². The second kappa shape index (κ2) is 13.4. The molecule has 41 heavy (non-hydrogen) atoms. The molecule has 0 radical (unpaired) electrons. The zero-order valence-electron chi connectivity index (χ0n) is 22.3. The molecule has 1 aliphatic rings. The van der Waals surface area contributed by atoms with E-state index in [4.69, 9.17) is 20.1 Å². The summed E-state index contributed by atoms with van der Waals surface area (Å²) in [7, 11) is 0. The number of hydrazine groups is 1. The lowest BCUT2D eigenvalue weighted by Gasteiger charge is -2.18. The summed E-state index contributed by atoms with van der Waals surface area (Å²) in [5.41, 5.74) is 6.27. The normalized spacial score (nSPS) is 14.6. The molecule has 208 valence electrons. The summed E-state index contributed by atoms with van der Waals surface area (Å²) in [6, 6.07) is 23.2. The number of nitrogens with two attached hydrogens (primary N) is 1. The monoisotopic (exact) mass is 550 g/mol. The van der Waals surface area contributed by atoms with Gasteiger partial charge in [0.25, 0.3) is 0 Å². The minimum absolute atomic E-state index is 0.140. The maximum absolute atomic E-state index is 12.6. The number of amides is 1. The Morgan fingerprint density at radius 3 is 2.73 bits per heavy atom. The van der Waals surface area contributed by atoms with E-state index in [0.717, 1.165) is 23.4 Å². The Labute approximate surface area is 237 Å².